The van der Waals surface area contributed by atoms with Crippen LogP contribution in [0.1, 0.15) is 49.5 Å². The molecule has 1 unspecified atom stereocenters. The van der Waals surface area contributed by atoms with Crippen LogP contribution in [0.4, 0.5) is 5.13 Å². The lowest BCUT2D eigenvalue weighted by molar-refractivity contribution is -0.119. The van der Waals surface area contributed by atoms with Crippen LogP contribution in [0.25, 0.3) is 16.7 Å². The van der Waals surface area contributed by atoms with Gasteiger partial charge < -0.3 is 0 Å². The van der Waals surface area contributed by atoms with Gasteiger partial charge in [0, 0.05) is 17.9 Å². The Bertz CT molecular complexity index is 1350. The maximum atomic E-state index is 13.3. The highest BCUT2D eigenvalue weighted by Crippen LogP contribution is 2.27. The number of anilines is 1. The first-order valence-corrected chi connectivity index (χ1v) is 11.9. The van der Waals surface area contributed by atoms with Gasteiger partial charge in [-0.25, -0.2) is 4.68 Å². The van der Waals surface area contributed by atoms with Gasteiger partial charge >= 0.3 is 0 Å². The van der Waals surface area contributed by atoms with Crippen LogP contribution in [-0.2, 0) is 11.2 Å². The Morgan fingerprint density at radius 2 is 1.88 bits per heavy atom. The van der Waals surface area contributed by atoms with E-state index in [0.29, 0.717) is 23.1 Å². The summed E-state index contributed by atoms with van der Waals surface area (Å²) in [5.41, 5.74) is 2.84. The molecule has 0 saturated heterocycles. The van der Waals surface area contributed by atoms with E-state index in [1.165, 1.54) is 11.3 Å². The Hall–Kier alpha value is -3.33. The van der Waals surface area contributed by atoms with Gasteiger partial charge in [0.1, 0.15) is 16.7 Å². The first kappa shape index (κ1) is 22.8. The zero-order chi connectivity index (χ0) is 23.7. The second-order valence-electron chi connectivity index (χ2n) is 8.58. The van der Waals surface area contributed by atoms with E-state index in [2.05, 4.69) is 29.4 Å². The second kappa shape index (κ2) is 9.27. The molecule has 1 atom stereocenters. The van der Waals surface area contributed by atoms with Crippen LogP contribution < -0.4 is 10.9 Å². The summed E-state index contributed by atoms with van der Waals surface area (Å²) in [4.78, 5) is 26.6. The van der Waals surface area contributed by atoms with E-state index in [1.54, 1.807) is 15.3 Å². The lowest BCUT2D eigenvalue weighted by atomic mass is 10.1. The van der Waals surface area contributed by atoms with E-state index >= 15 is 0 Å². The number of hydrogen-bond donors (Lipinski definition) is 1. The molecule has 0 aliphatic carbocycles. The summed E-state index contributed by atoms with van der Waals surface area (Å²) in [5.74, 6) is 0.154. The molecular formula is C24H28N6O2S. The summed E-state index contributed by atoms with van der Waals surface area (Å²) in [6, 6.07) is 10.5. The average molecular weight is 465 g/mol. The summed E-state index contributed by atoms with van der Waals surface area (Å²) in [7, 11) is 0. The summed E-state index contributed by atoms with van der Waals surface area (Å²) in [6.07, 6.45) is 1.24. The minimum Gasteiger partial charge on any atom is -0.299 e. The highest BCUT2D eigenvalue weighted by Gasteiger charge is 2.26. The first-order chi connectivity index (χ1) is 15.8. The van der Waals surface area contributed by atoms with E-state index < -0.39 is 6.04 Å². The molecule has 1 N–H and O–H groups in total. The number of hydrogen-bond acceptors (Lipinski definition) is 6. The predicted octanol–water partition coefficient (Wildman–Crippen LogP) is 4.44. The van der Waals surface area contributed by atoms with Crippen molar-refractivity contribution in [1.82, 2.24) is 24.5 Å². The van der Waals surface area contributed by atoms with Crippen molar-refractivity contribution in [2.24, 2.45) is 5.92 Å². The quantitative estimate of drug-likeness (QED) is 0.436. The fourth-order valence-electron chi connectivity index (χ4n) is 4.09. The summed E-state index contributed by atoms with van der Waals surface area (Å²) in [5, 5.41) is 18.1. The second-order valence-corrected chi connectivity index (χ2v) is 9.64. The van der Waals surface area contributed by atoms with Gasteiger partial charge in [-0.3, -0.25) is 19.5 Å². The molecular weight excluding hydrogens is 436 g/mol. The number of nitrogens with zero attached hydrogens (tertiary/aromatic N) is 5. The molecule has 3 aromatic heterocycles. The standard InChI is InChI=1S/C24H28N6O2S/c1-6-18(22(32)25-24-27-26-19(33-24)12-14(2)3)29-20(31)13-15(4)21-16(5)28-30(23(21)29)17-10-8-7-9-11-17/h7-11,13-14,18H,6,12H2,1-5H3,(H,25,27,32). The molecule has 0 bridgehead atoms. The highest BCUT2D eigenvalue weighted by molar-refractivity contribution is 7.15. The molecule has 8 nitrogen and oxygen atoms in total. The molecule has 172 valence electrons. The maximum absolute atomic E-state index is 13.3. The van der Waals surface area contributed by atoms with Gasteiger partial charge in [0.05, 0.1) is 11.4 Å². The number of aromatic nitrogens is 5. The Labute approximate surface area is 196 Å². The van der Waals surface area contributed by atoms with Gasteiger partial charge in [0.15, 0.2) is 0 Å². The number of nitrogens with one attached hydrogen (secondary N) is 1. The Morgan fingerprint density at radius 3 is 2.55 bits per heavy atom. The third-order valence-electron chi connectivity index (χ3n) is 5.52. The minimum atomic E-state index is -0.725. The summed E-state index contributed by atoms with van der Waals surface area (Å²) < 4.78 is 3.31. The molecule has 0 fully saturated rings. The Morgan fingerprint density at radius 1 is 1.15 bits per heavy atom. The Kier molecular flexibility index (Phi) is 6.42. The van der Waals surface area contributed by atoms with Crippen molar-refractivity contribution in [3.05, 3.63) is 63.0 Å². The van der Waals surface area contributed by atoms with E-state index in [-0.39, 0.29) is 11.5 Å². The molecule has 9 heteroatoms. The Balaban J connectivity index is 1.81. The number of rotatable bonds is 7. The average Bonchev–Trinajstić information content (AvgIpc) is 3.34. The van der Waals surface area contributed by atoms with Crippen molar-refractivity contribution in [2.45, 2.75) is 53.5 Å². The van der Waals surface area contributed by atoms with Crippen molar-refractivity contribution in [3.63, 3.8) is 0 Å². The number of carbonyl (C=O) groups is 1. The van der Waals surface area contributed by atoms with Crippen molar-refractivity contribution in [3.8, 4) is 5.69 Å². The van der Waals surface area contributed by atoms with Crippen molar-refractivity contribution >= 4 is 33.4 Å². The number of aryl methyl sites for hydroxylation is 2. The van der Waals surface area contributed by atoms with E-state index in [0.717, 1.165) is 33.8 Å². The lowest BCUT2D eigenvalue weighted by Crippen LogP contribution is -2.34. The molecule has 0 radical (unpaired) electrons. The number of pyridine rings is 1. The monoisotopic (exact) mass is 464 g/mol. The van der Waals surface area contributed by atoms with Gasteiger partial charge in [-0.1, -0.05) is 50.3 Å². The van der Waals surface area contributed by atoms with Crippen LogP contribution in [0.3, 0.4) is 0 Å². The topological polar surface area (TPSA) is 94.7 Å². The largest absolute Gasteiger partial charge is 0.299 e. The van der Waals surface area contributed by atoms with Gasteiger partial charge in [0.25, 0.3) is 5.56 Å². The zero-order valence-electron chi connectivity index (χ0n) is 19.5. The zero-order valence-corrected chi connectivity index (χ0v) is 20.3. The third-order valence-corrected chi connectivity index (χ3v) is 6.38. The van der Waals surface area contributed by atoms with E-state index in [1.807, 2.05) is 51.1 Å². The lowest BCUT2D eigenvalue weighted by Gasteiger charge is -2.20. The SMILES string of the molecule is CCC(C(=O)Nc1nnc(CC(C)C)s1)n1c(=O)cc(C)c2c(C)nn(-c3ccccc3)c21. The number of carbonyl (C=O) groups excluding carboxylic acids is 1. The van der Waals surface area contributed by atoms with E-state index in [9.17, 15) is 9.59 Å². The fraction of sp³-hybridized carbons (Fsp3) is 0.375. The van der Waals surface area contributed by atoms with Gasteiger partial charge in [-0.05, 0) is 43.9 Å². The molecule has 0 aliphatic heterocycles. The van der Waals surface area contributed by atoms with Gasteiger partial charge in [-0.2, -0.15) is 5.10 Å². The molecule has 0 saturated carbocycles. The number of amides is 1. The van der Waals surface area contributed by atoms with E-state index in [4.69, 9.17) is 5.10 Å². The van der Waals surface area contributed by atoms with Crippen LogP contribution in [0.2, 0.25) is 0 Å². The van der Waals surface area contributed by atoms with Crippen LogP contribution in [0, 0.1) is 19.8 Å². The molecule has 3 heterocycles. The third kappa shape index (κ3) is 4.45. The van der Waals surface area contributed by atoms with Crippen LogP contribution in [-0.4, -0.2) is 30.5 Å². The number of fused-ring (bicyclic) bond motifs is 1. The van der Waals surface area contributed by atoms with Crippen LogP contribution in [0.5, 0.6) is 0 Å². The molecule has 33 heavy (non-hydrogen) atoms. The van der Waals surface area contributed by atoms with Gasteiger partial charge in [-0.15, -0.1) is 10.2 Å². The number of benzene rings is 1. The molecule has 0 spiro atoms. The maximum Gasteiger partial charge on any atom is 0.253 e. The van der Waals surface area contributed by atoms with Gasteiger partial charge in [0.2, 0.25) is 11.0 Å². The minimum absolute atomic E-state index is 0.239. The molecule has 4 aromatic rings. The van der Waals surface area contributed by atoms with Crippen LogP contribution >= 0.6 is 11.3 Å². The van der Waals surface area contributed by atoms with Crippen molar-refractivity contribution in [2.75, 3.05) is 5.32 Å². The van der Waals surface area contributed by atoms with Crippen LogP contribution in [0.15, 0.2) is 41.2 Å². The summed E-state index contributed by atoms with van der Waals surface area (Å²) in [6.45, 7) is 9.93. The molecule has 4 rings (SSSR count). The smallest absolute Gasteiger partial charge is 0.253 e. The predicted molar refractivity (Wildman–Crippen MR) is 131 cm³/mol. The molecule has 0 aliphatic rings. The van der Waals surface area contributed by atoms with Crippen molar-refractivity contribution < 1.29 is 4.79 Å². The molecule has 1 amide bonds. The number of para-hydroxylation sites is 1. The highest BCUT2D eigenvalue weighted by atomic mass is 32.1. The van der Waals surface area contributed by atoms with Crippen molar-refractivity contribution in [1.29, 1.82) is 0 Å². The first-order valence-electron chi connectivity index (χ1n) is 11.1. The molecule has 1 aromatic carbocycles. The summed E-state index contributed by atoms with van der Waals surface area (Å²) >= 11 is 1.37. The fourth-order valence-corrected chi connectivity index (χ4v) is 5.05. The normalized spacial score (nSPS) is 12.4.